The van der Waals surface area contributed by atoms with Gasteiger partial charge in [0, 0.05) is 22.7 Å². The van der Waals surface area contributed by atoms with Gasteiger partial charge in [-0.1, -0.05) is 6.42 Å². The smallest absolute Gasteiger partial charge is 0.252 e. The lowest BCUT2D eigenvalue weighted by Crippen LogP contribution is -2.42. The highest BCUT2D eigenvalue weighted by atomic mass is 127. The van der Waals surface area contributed by atoms with Crippen molar-refractivity contribution in [2.75, 3.05) is 33.9 Å². The molecule has 0 radical (unpaired) electrons. The van der Waals surface area contributed by atoms with Crippen LogP contribution in [0.15, 0.2) is 12.1 Å². The summed E-state index contributed by atoms with van der Waals surface area (Å²) in [5.41, 5.74) is 0.620. The fourth-order valence-corrected chi connectivity index (χ4v) is 3.61. The number of ether oxygens (including phenoxy) is 2. The quantitative estimate of drug-likeness (QED) is 0.703. The molecule has 0 saturated carbocycles. The molecule has 1 heterocycles. The van der Waals surface area contributed by atoms with Gasteiger partial charge in [-0.05, 0) is 61.0 Å². The Morgan fingerprint density at radius 2 is 2.00 bits per heavy atom. The molecule has 1 unspecified atom stereocenters. The van der Waals surface area contributed by atoms with Gasteiger partial charge in [-0.15, -0.1) is 0 Å². The number of rotatable bonds is 6. The van der Waals surface area contributed by atoms with Gasteiger partial charge in [-0.2, -0.15) is 0 Å². The summed E-state index contributed by atoms with van der Waals surface area (Å²) in [7, 11) is 3.16. The van der Waals surface area contributed by atoms with E-state index in [0.717, 1.165) is 16.7 Å². The third kappa shape index (κ3) is 4.73. The number of methoxy groups -OCH3 is 2. The van der Waals surface area contributed by atoms with Crippen LogP contribution in [0.4, 0.5) is 0 Å². The number of likely N-dealkylation sites (tertiary alicyclic amines) is 1. The Morgan fingerprint density at radius 1 is 1.30 bits per heavy atom. The van der Waals surface area contributed by atoms with E-state index in [1.165, 1.54) is 19.3 Å². The molecule has 1 amide bonds. The fourth-order valence-electron chi connectivity index (χ4n) is 2.93. The van der Waals surface area contributed by atoms with Crippen LogP contribution in [-0.4, -0.2) is 50.7 Å². The lowest BCUT2D eigenvalue weighted by atomic mass is 10.0. The Morgan fingerprint density at radius 3 is 2.65 bits per heavy atom. The number of piperidine rings is 1. The van der Waals surface area contributed by atoms with Crippen LogP contribution in [0.2, 0.25) is 0 Å². The van der Waals surface area contributed by atoms with Crippen LogP contribution in [-0.2, 0) is 0 Å². The Balaban J connectivity index is 1.95. The van der Waals surface area contributed by atoms with Crippen LogP contribution >= 0.6 is 22.6 Å². The van der Waals surface area contributed by atoms with E-state index < -0.39 is 0 Å². The van der Waals surface area contributed by atoms with E-state index in [4.69, 9.17) is 9.47 Å². The van der Waals surface area contributed by atoms with E-state index in [9.17, 15) is 4.79 Å². The zero-order valence-electron chi connectivity index (χ0n) is 14.0. The van der Waals surface area contributed by atoms with Crippen molar-refractivity contribution in [2.45, 2.75) is 32.2 Å². The van der Waals surface area contributed by atoms with Crippen molar-refractivity contribution in [1.29, 1.82) is 0 Å². The molecule has 23 heavy (non-hydrogen) atoms. The van der Waals surface area contributed by atoms with Crippen LogP contribution < -0.4 is 14.8 Å². The van der Waals surface area contributed by atoms with Gasteiger partial charge in [-0.25, -0.2) is 0 Å². The van der Waals surface area contributed by atoms with Gasteiger partial charge < -0.3 is 14.8 Å². The summed E-state index contributed by atoms with van der Waals surface area (Å²) in [5.74, 6) is 1.14. The van der Waals surface area contributed by atoms with Crippen LogP contribution in [0.25, 0.3) is 0 Å². The van der Waals surface area contributed by atoms with Crippen molar-refractivity contribution < 1.29 is 14.3 Å². The minimum absolute atomic E-state index is 0.0694. The van der Waals surface area contributed by atoms with Crippen molar-refractivity contribution in [2.24, 2.45) is 0 Å². The molecule has 0 aliphatic carbocycles. The maximum absolute atomic E-state index is 12.4. The molecule has 128 valence electrons. The predicted molar refractivity (Wildman–Crippen MR) is 99.5 cm³/mol. The third-order valence-corrected chi connectivity index (χ3v) is 5.24. The Bertz CT molecular complexity index is 551. The molecule has 0 spiro atoms. The number of nitrogens with one attached hydrogen (secondary N) is 1. The molecule has 1 saturated heterocycles. The highest BCUT2D eigenvalue weighted by molar-refractivity contribution is 14.1. The number of hydrogen-bond donors (Lipinski definition) is 1. The second-order valence-corrected chi connectivity index (χ2v) is 6.99. The van der Waals surface area contributed by atoms with Gasteiger partial charge in [0.15, 0.2) is 11.5 Å². The largest absolute Gasteiger partial charge is 0.493 e. The van der Waals surface area contributed by atoms with Gasteiger partial charge in [0.2, 0.25) is 0 Å². The molecule has 2 rings (SSSR count). The van der Waals surface area contributed by atoms with Gasteiger partial charge in [0.05, 0.1) is 19.8 Å². The SMILES string of the molecule is COc1cc(I)c(C(=O)NCCN2CCCCC2C)cc1OC. The van der Waals surface area contributed by atoms with E-state index in [0.29, 0.717) is 29.6 Å². The van der Waals surface area contributed by atoms with E-state index in [-0.39, 0.29) is 5.91 Å². The standard InChI is InChI=1S/C17H25IN2O3/c1-12-6-4-5-8-20(12)9-7-19-17(21)13-10-15(22-2)16(23-3)11-14(13)18/h10-12H,4-9H2,1-3H3,(H,19,21). The van der Waals surface area contributed by atoms with Gasteiger partial charge >= 0.3 is 0 Å². The Labute approximate surface area is 151 Å². The molecular formula is C17H25IN2O3. The minimum Gasteiger partial charge on any atom is -0.493 e. The average Bonchev–Trinajstić information content (AvgIpc) is 2.56. The summed E-state index contributed by atoms with van der Waals surface area (Å²) in [6.07, 6.45) is 3.82. The first kappa shape index (κ1) is 18.3. The first-order valence-electron chi connectivity index (χ1n) is 8.00. The molecule has 1 atom stereocenters. The molecular weight excluding hydrogens is 407 g/mol. The summed E-state index contributed by atoms with van der Waals surface area (Å²) < 4.78 is 11.4. The molecule has 1 aromatic rings. The Hall–Kier alpha value is -1.02. The maximum atomic E-state index is 12.4. The second-order valence-electron chi connectivity index (χ2n) is 5.82. The predicted octanol–water partition coefficient (Wildman–Crippen LogP) is 2.91. The minimum atomic E-state index is -0.0694. The summed E-state index contributed by atoms with van der Waals surface area (Å²) in [4.78, 5) is 14.9. The van der Waals surface area contributed by atoms with E-state index >= 15 is 0 Å². The molecule has 1 aliphatic heterocycles. The summed E-state index contributed by atoms with van der Waals surface area (Å²) in [6, 6.07) is 4.17. The number of carbonyl (C=O) groups is 1. The van der Waals surface area contributed by atoms with Crippen LogP contribution in [0.1, 0.15) is 36.5 Å². The van der Waals surface area contributed by atoms with Gasteiger partial charge in [0.25, 0.3) is 5.91 Å². The van der Waals surface area contributed by atoms with E-state index in [1.807, 2.05) is 6.07 Å². The number of amides is 1. The fraction of sp³-hybridized carbons (Fsp3) is 0.588. The molecule has 0 aromatic heterocycles. The normalized spacial score (nSPS) is 18.5. The van der Waals surface area contributed by atoms with Crippen molar-refractivity contribution in [1.82, 2.24) is 10.2 Å². The number of hydrogen-bond acceptors (Lipinski definition) is 4. The topological polar surface area (TPSA) is 50.8 Å². The zero-order valence-corrected chi connectivity index (χ0v) is 16.2. The molecule has 1 N–H and O–H groups in total. The van der Waals surface area contributed by atoms with E-state index in [2.05, 4.69) is 39.7 Å². The first-order chi connectivity index (χ1) is 11.1. The summed E-state index contributed by atoms with van der Waals surface area (Å²) in [5, 5.41) is 3.01. The zero-order chi connectivity index (χ0) is 16.8. The van der Waals surface area contributed by atoms with Gasteiger partial charge in [0.1, 0.15) is 0 Å². The second kappa shape index (κ2) is 8.73. The number of nitrogens with zero attached hydrogens (tertiary/aromatic N) is 1. The monoisotopic (exact) mass is 432 g/mol. The highest BCUT2D eigenvalue weighted by Gasteiger charge is 2.19. The third-order valence-electron chi connectivity index (χ3n) is 4.34. The lowest BCUT2D eigenvalue weighted by molar-refractivity contribution is 0.0937. The summed E-state index contributed by atoms with van der Waals surface area (Å²) >= 11 is 2.15. The number of benzene rings is 1. The molecule has 0 bridgehead atoms. The van der Waals surface area contributed by atoms with Gasteiger partial charge in [-0.3, -0.25) is 9.69 Å². The lowest BCUT2D eigenvalue weighted by Gasteiger charge is -2.33. The van der Waals surface area contributed by atoms with Crippen molar-refractivity contribution in [3.05, 3.63) is 21.3 Å². The molecule has 5 nitrogen and oxygen atoms in total. The van der Waals surface area contributed by atoms with Crippen molar-refractivity contribution >= 4 is 28.5 Å². The molecule has 1 aliphatic rings. The molecule has 1 aromatic carbocycles. The molecule has 1 fully saturated rings. The highest BCUT2D eigenvalue weighted by Crippen LogP contribution is 2.31. The van der Waals surface area contributed by atoms with Crippen molar-refractivity contribution in [3.63, 3.8) is 0 Å². The Kier molecular flexibility index (Phi) is 6.95. The van der Waals surface area contributed by atoms with Crippen LogP contribution in [0, 0.1) is 3.57 Å². The molecule has 6 heteroatoms. The van der Waals surface area contributed by atoms with Crippen molar-refractivity contribution in [3.8, 4) is 11.5 Å². The van der Waals surface area contributed by atoms with E-state index in [1.54, 1.807) is 20.3 Å². The van der Waals surface area contributed by atoms with Crippen LogP contribution in [0.3, 0.4) is 0 Å². The number of halogens is 1. The maximum Gasteiger partial charge on any atom is 0.252 e. The summed E-state index contributed by atoms with van der Waals surface area (Å²) in [6.45, 7) is 4.95. The van der Waals surface area contributed by atoms with Crippen LogP contribution in [0.5, 0.6) is 11.5 Å². The average molecular weight is 432 g/mol. The number of carbonyl (C=O) groups excluding carboxylic acids is 1. The first-order valence-corrected chi connectivity index (χ1v) is 9.08.